The number of aldehydes is 1. The van der Waals surface area contributed by atoms with Crippen molar-refractivity contribution in [2.24, 2.45) is 0 Å². The van der Waals surface area contributed by atoms with E-state index in [4.69, 9.17) is 0 Å². The highest BCUT2D eigenvalue weighted by Crippen LogP contribution is 2.03. The molecule has 0 aliphatic carbocycles. The van der Waals surface area contributed by atoms with E-state index in [0.29, 0.717) is 0 Å². The number of alkyl halides is 2. The lowest BCUT2D eigenvalue weighted by molar-refractivity contribution is -0.126. The maximum absolute atomic E-state index is 11.7. The summed E-state index contributed by atoms with van der Waals surface area (Å²) < 4.78 is 23.5. The average molecular weight is 177 g/mol. The molecule has 0 N–H and O–H groups in total. The Hall–Kier alpha value is -1.26. The third kappa shape index (κ3) is 3.23. The Morgan fingerprint density at radius 3 is 2.17 bits per heavy atom. The van der Waals surface area contributed by atoms with E-state index in [1.54, 1.807) is 0 Å². The number of rotatable bonds is 4. The second-order valence-electron chi connectivity index (χ2n) is 2.33. The lowest BCUT2D eigenvalue weighted by atomic mass is 10.2. The van der Waals surface area contributed by atoms with Gasteiger partial charge >= 0.3 is 6.43 Å². The first kappa shape index (κ1) is 10.7. The summed E-state index contributed by atoms with van der Waals surface area (Å²) in [7, 11) is 3.06. The summed E-state index contributed by atoms with van der Waals surface area (Å²) in [5, 5.41) is 0. The quantitative estimate of drug-likeness (QED) is 0.271. The normalized spacial score (nSPS) is 11.6. The van der Waals surface area contributed by atoms with Crippen molar-refractivity contribution in [3.8, 4) is 0 Å². The van der Waals surface area contributed by atoms with Crippen LogP contribution in [0.25, 0.3) is 0 Å². The van der Waals surface area contributed by atoms with Crippen LogP contribution in [0.1, 0.15) is 0 Å². The molecule has 0 unspecified atom stereocenters. The minimum atomic E-state index is -3.12. The Bertz CT molecular complexity index is 211. The monoisotopic (exact) mass is 177 g/mol. The topological polar surface area (TPSA) is 37.4 Å². The summed E-state index contributed by atoms with van der Waals surface area (Å²) in [6.45, 7) is 0. The number of allylic oxidation sites excluding steroid dienone is 1. The second-order valence-corrected chi connectivity index (χ2v) is 2.33. The number of Topliss-reactive ketones (excluding diaryl/α,β-unsaturated/α-hetero) is 1. The van der Waals surface area contributed by atoms with E-state index in [2.05, 4.69) is 0 Å². The predicted octanol–water partition coefficient (Wildman–Crippen LogP) is 0.465. The SMILES string of the molecule is CN(C)/C=C(\C=O)C(=O)C(F)F. The maximum Gasteiger partial charge on any atom is 0.300 e. The van der Waals surface area contributed by atoms with E-state index in [1.807, 2.05) is 0 Å². The number of carbonyl (C=O) groups is 2. The second kappa shape index (κ2) is 4.58. The van der Waals surface area contributed by atoms with Crippen LogP contribution < -0.4 is 0 Å². The Morgan fingerprint density at radius 1 is 1.42 bits per heavy atom. The number of nitrogens with zero attached hydrogens (tertiary/aromatic N) is 1. The van der Waals surface area contributed by atoms with Gasteiger partial charge in [0.2, 0.25) is 5.78 Å². The first-order valence-electron chi connectivity index (χ1n) is 3.14. The van der Waals surface area contributed by atoms with Crippen molar-refractivity contribution in [2.75, 3.05) is 14.1 Å². The van der Waals surface area contributed by atoms with E-state index in [9.17, 15) is 18.4 Å². The zero-order valence-electron chi connectivity index (χ0n) is 6.75. The number of hydrogen-bond donors (Lipinski definition) is 0. The van der Waals surface area contributed by atoms with E-state index in [0.717, 1.165) is 6.20 Å². The molecule has 0 heterocycles. The van der Waals surface area contributed by atoms with Crippen LogP contribution >= 0.6 is 0 Å². The van der Waals surface area contributed by atoms with Crippen LogP contribution in [0.15, 0.2) is 11.8 Å². The lowest BCUT2D eigenvalue weighted by Gasteiger charge is -2.05. The van der Waals surface area contributed by atoms with Gasteiger partial charge in [0.25, 0.3) is 0 Å². The Balaban J connectivity index is 4.56. The number of halogens is 2. The first-order valence-corrected chi connectivity index (χ1v) is 3.14. The number of hydrogen-bond acceptors (Lipinski definition) is 3. The van der Waals surface area contributed by atoms with Crippen LogP contribution in [0, 0.1) is 0 Å². The van der Waals surface area contributed by atoms with Gasteiger partial charge in [0.1, 0.15) is 0 Å². The van der Waals surface area contributed by atoms with Crippen LogP contribution in [0.2, 0.25) is 0 Å². The van der Waals surface area contributed by atoms with Gasteiger partial charge in [-0.15, -0.1) is 0 Å². The van der Waals surface area contributed by atoms with Gasteiger partial charge in [-0.3, -0.25) is 9.59 Å². The smallest absolute Gasteiger partial charge is 0.300 e. The Kier molecular flexibility index (Phi) is 4.10. The molecule has 0 fully saturated rings. The Morgan fingerprint density at radius 2 is 1.92 bits per heavy atom. The van der Waals surface area contributed by atoms with Crippen LogP contribution in [0.3, 0.4) is 0 Å². The largest absolute Gasteiger partial charge is 0.383 e. The molecule has 0 amide bonds. The fourth-order valence-corrected chi connectivity index (χ4v) is 0.556. The highest BCUT2D eigenvalue weighted by molar-refractivity contribution is 6.13. The van der Waals surface area contributed by atoms with Crippen LogP contribution in [0.5, 0.6) is 0 Å². The summed E-state index contributed by atoms with van der Waals surface area (Å²) in [4.78, 5) is 22.0. The molecule has 5 heteroatoms. The minimum absolute atomic E-state index is 0.120. The highest BCUT2D eigenvalue weighted by atomic mass is 19.3. The van der Waals surface area contributed by atoms with E-state index in [-0.39, 0.29) is 6.29 Å². The Labute approximate surface area is 68.7 Å². The van der Waals surface area contributed by atoms with Crippen molar-refractivity contribution >= 4 is 12.1 Å². The molecule has 0 atom stereocenters. The van der Waals surface area contributed by atoms with E-state index < -0.39 is 17.8 Å². The standard InChI is InChI=1S/C7H9F2NO2/c1-10(2)3-5(4-11)6(12)7(8)9/h3-4,7H,1-2H3/b5-3+. The molecule has 0 spiro atoms. The van der Waals surface area contributed by atoms with Crippen molar-refractivity contribution in [1.82, 2.24) is 4.90 Å². The van der Waals surface area contributed by atoms with Gasteiger partial charge in [0.15, 0.2) is 6.29 Å². The molecule has 0 bridgehead atoms. The summed E-state index contributed by atoms with van der Waals surface area (Å²) >= 11 is 0. The molecule has 0 aromatic rings. The van der Waals surface area contributed by atoms with Gasteiger partial charge in [-0.2, -0.15) is 0 Å². The summed E-state index contributed by atoms with van der Waals surface area (Å²) in [6, 6.07) is 0. The van der Waals surface area contributed by atoms with Gasteiger partial charge in [0, 0.05) is 20.3 Å². The molecule has 0 aliphatic heterocycles. The molecular weight excluding hydrogens is 168 g/mol. The molecule has 12 heavy (non-hydrogen) atoms. The highest BCUT2D eigenvalue weighted by Gasteiger charge is 2.19. The summed E-state index contributed by atoms with van der Waals surface area (Å²) in [6.07, 6.45) is -1.95. The molecule has 0 rings (SSSR count). The van der Waals surface area contributed by atoms with Crippen LogP contribution in [-0.2, 0) is 9.59 Å². The van der Waals surface area contributed by atoms with Crippen LogP contribution in [0.4, 0.5) is 8.78 Å². The van der Waals surface area contributed by atoms with Gasteiger partial charge in [-0.05, 0) is 0 Å². The molecule has 0 saturated carbocycles. The maximum atomic E-state index is 11.7. The zero-order chi connectivity index (χ0) is 9.72. The molecule has 3 nitrogen and oxygen atoms in total. The third-order valence-corrected chi connectivity index (χ3v) is 1.01. The van der Waals surface area contributed by atoms with Crippen molar-refractivity contribution in [3.63, 3.8) is 0 Å². The molecule has 0 saturated heterocycles. The van der Waals surface area contributed by atoms with Crippen molar-refractivity contribution in [3.05, 3.63) is 11.8 Å². The summed E-state index contributed by atoms with van der Waals surface area (Å²) in [5.41, 5.74) is -0.519. The molecule has 68 valence electrons. The third-order valence-electron chi connectivity index (χ3n) is 1.01. The van der Waals surface area contributed by atoms with Crippen molar-refractivity contribution < 1.29 is 18.4 Å². The molecular formula is C7H9F2NO2. The molecule has 0 aromatic carbocycles. The van der Waals surface area contributed by atoms with E-state index >= 15 is 0 Å². The van der Waals surface area contributed by atoms with Gasteiger partial charge in [0.05, 0.1) is 5.57 Å². The zero-order valence-corrected chi connectivity index (χ0v) is 6.75. The minimum Gasteiger partial charge on any atom is -0.383 e. The first-order chi connectivity index (χ1) is 5.49. The van der Waals surface area contributed by atoms with E-state index in [1.165, 1.54) is 19.0 Å². The molecule has 0 aliphatic rings. The molecule has 0 aromatic heterocycles. The number of ketones is 1. The lowest BCUT2D eigenvalue weighted by Crippen LogP contribution is -2.16. The number of carbonyl (C=O) groups excluding carboxylic acids is 2. The fraction of sp³-hybridized carbons (Fsp3) is 0.429. The van der Waals surface area contributed by atoms with Crippen molar-refractivity contribution in [2.45, 2.75) is 6.43 Å². The van der Waals surface area contributed by atoms with Crippen molar-refractivity contribution in [1.29, 1.82) is 0 Å². The van der Waals surface area contributed by atoms with Crippen LogP contribution in [-0.4, -0.2) is 37.5 Å². The van der Waals surface area contributed by atoms with Gasteiger partial charge in [-0.25, -0.2) is 8.78 Å². The summed E-state index contributed by atoms with van der Waals surface area (Å²) in [5.74, 6) is -1.45. The van der Waals surface area contributed by atoms with Gasteiger partial charge in [-0.1, -0.05) is 0 Å². The molecule has 0 radical (unpaired) electrons. The average Bonchev–Trinajstić information content (AvgIpc) is 1.98. The van der Waals surface area contributed by atoms with Gasteiger partial charge < -0.3 is 4.90 Å². The predicted molar refractivity (Wildman–Crippen MR) is 38.8 cm³/mol. The fourth-order valence-electron chi connectivity index (χ4n) is 0.556.